The zero-order valence-corrected chi connectivity index (χ0v) is 20.8. The Bertz CT molecular complexity index is 747. The van der Waals surface area contributed by atoms with Gasteiger partial charge in [-0.3, -0.25) is 14.5 Å². The Morgan fingerprint density at radius 2 is 1.76 bits per heavy atom. The molecule has 0 saturated carbocycles. The second-order valence-electron chi connectivity index (χ2n) is 6.19. The van der Waals surface area contributed by atoms with Crippen molar-refractivity contribution in [1.29, 1.82) is 0 Å². The van der Waals surface area contributed by atoms with Crippen molar-refractivity contribution in [2.24, 2.45) is 0 Å². The number of hydrogen-bond donors (Lipinski definition) is 1. The van der Waals surface area contributed by atoms with E-state index >= 15 is 0 Å². The molecule has 1 N–H and O–H groups in total. The number of nitrogens with zero attached hydrogens (tertiary/aromatic N) is 1. The van der Waals surface area contributed by atoms with E-state index in [1.54, 1.807) is 0 Å². The second kappa shape index (κ2) is 10.8. The van der Waals surface area contributed by atoms with E-state index in [4.69, 9.17) is 74.3 Å². The summed E-state index contributed by atoms with van der Waals surface area (Å²) in [4.78, 5) is 26.5. The van der Waals surface area contributed by atoms with Crippen LogP contribution in [-0.2, 0) is 24.3 Å². The van der Waals surface area contributed by atoms with Gasteiger partial charge < -0.3 is 4.74 Å². The number of carbonyl (C=O) groups excluding carboxylic acids is 2. The molecule has 0 bridgehead atoms. The quantitative estimate of drug-likeness (QED) is 0.438. The highest BCUT2D eigenvalue weighted by molar-refractivity contribution is 7.89. The van der Waals surface area contributed by atoms with Gasteiger partial charge in [0.25, 0.3) is 5.91 Å². The first-order valence-corrected chi connectivity index (χ1v) is 12.3. The topological polar surface area (TPSA) is 92.8 Å². The number of halogens is 6. The van der Waals surface area contributed by atoms with Crippen molar-refractivity contribution >= 4 is 91.4 Å². The summed E-state index contributed by atoms with van der Waals surface area (Å²) in [7, 11) is -2.47. The summed E-state index contributed by atoms with van der Waals surface area (Å²) in [5.41, 5.74) is 0. The average Bonchev–Trinajstić information content (AvgIpc) is 2.90. The van der Waals surface area contributed by atoms with Crippen molar-refractivity contribution in [2.75, 3.05) is 12.9 Å². The van der Waals surface area contributed by atoms with Crippen LogP contribution in [0.1, 0.15) is 32.6 Å². The predicted molar refractivity (Wildman–Crippen MR) is 116 cm³/mol. The van der Waals surface area contributed by atoms with Crippen LogP contribution in [0.25, 0.3) is 0 Å². The minimum absolute atomic E-state index is 0.0135. The lowest BCUT2D eigenvalue weighted by Gasteiger charge is -2.30. The summed E-state index contributed by atoms with van der Waals surface area (Å²) in [6.45, 7) is 1.40. The SMILES string of the molecule is CCS(=O)(=O)N[C@H](CCC(Cl)(Cl)Cl)C(=O)N1C(=O)C=C(OC)C1CCC(Cl)(Cl)Cl. The Hall–Kier alpha value is 0.330. The number of methoxy groups -OCH3 is 1. The van der Waals surface area contributed by atoms with Gasteiger partial charge in [0.2, 0.25) is 15.9 Å². The maximum atomic E-state index is 13.1. The Morgan fingerprint density at radius 3 is 2.21 bits per heavy atom. The third-order valence-corrected chi connectivity index (χ3v) is 6.57. The van der Waals surface area contributed by atoms with Crippen LogP contribution in [0.4, 0.5) is 0 Å². The number of alkyl halides is 6. The fourth-order valence-electron chi connectivity index (χ4n) is 2.61. The van der Waals surface area contributed by atoms with Crippen molar-refractivity contribution in [3.63, 3.8) is 0 Å². The van der Waals surface area contributed by atoms with Crippen LogP contribution in [0.3, 0.4) is 0 Å². The molecule has 7 nitrogen and oxygen atoms in total. The summed E-state index contributed by atoms with van der Waals surface area (Å²) >= 11 is 34.6. The summed E-state index contributed by atoms with van der Waals surface area (Å²) < 4.78 is 28.2. The largest absolute Gasteiger partial charge is 0.499 e. The Kier molecular flexibility index (Phi) is 10.2. The van der Waals surface area contributed by atoms with Crippen LogP contribution in [0.15, 0.2) is 11.8 Å². The maximum absolute atomic E-state index is 13.1. The molecule has 1 unspecified atom stereocenters. The lowest BCUT2D eigenvalue weighted by atomic mass is 10.1. The molecule has 29 heavy (non-hydrogen) atoms. The van der Waals surface area contributed by atoms with E-state index in [1.807, 2.05) is 0 Å². The van der Waals surface area contributed by atoms with E-state index in [2.05, 4.69) is 4.72 Å². The first kappa shape index (κ1) is 27.4. The average molecular weight is 553 g/mol. The minimum atomic E-state index is -3.80. The van der Waals surface area contributed by atoms with Crippen LogP contribution in [0, 0.1) is 0 Å². The normalized spacial score (nSPS) is 19.3. The molecule has 168 valence electrons. The molecule has 0 aromatic rings. The van der Waals surface area contributed by atoms with E-state index in [0.29, 0.717) is 0 Å². The molecule has 0 spiro atoms. The first-order valence-electron chi connectivity index (χ1n) is 8.36. The molecule has 2 atom stereocenters. The predicted octanol–water partition coefficient (Wildman–Crippen LogP) is 3.86. The molecule has 0 fully saturated rings. The summed E-state index contributed by atoms with van der Waals surface area (Å²) in [5, 5.41) is 0. The number of imide groups is 1. The molecule has 0 aliphatic carbocycles. The van der Waals surface area contributed by atoms with E-state index in [1.165, 1.54) is 14.0 Å². The molecule has 2 amide bonds. The van der Waals surface area contributed by atoms with Gasteiger partial charge in [-0.25, -0.2) is 13.1 Å². The van der Waals surface area contributed by atoms with Crippen LogP contribution >= 0.6 is 69.6 Å². The van der Waals surface area contributed by atoms with Gasteiger partial charge >= 0.3 is 0 Å². The van der Waals surface area contributed by atoms with Gasteiger partial charge in [0.05, 0.1) is 18.9 Å². The third kappa shape index (κ3) is 9.15. The fourth-order valence-corrected chi connectivity index (χ4v) is 4.08. The van der Waals surface area contributed by atoms with E-state index < -0.39 is 41.5 Å². The second-order valence-corrected chi connectivity index (χ2v) is 13.3. The third-order valence-electron chi connectivity index (χ3n) is 4.03. The lowest BCUT2D eigenvalue weighted by molar-refractivity contribution is -0.144. The fraction of sp³-hybridized carbons (Fsp3) is 0.733. The molecule has 1 aliphatic rings. The number of nitrogens with one attached hydrogen (secondary N) is 1. The first-order chi connectivity index (χ1) is 13.1. The maximum Gasteiger partial charge on any atom is 0.257 e. The highest BCUT2D eigenvalue weighted by Gasteiger charge is 2.43. The highest BCUT2D eigenvalue weighted by atomic mass is 35.6. The van der Waals surface area contributed by atoms with Gasteiger partial charge in [-0.1, -0.05) is 69.6 Å². The Morgan fingerprint density at radius 1 is 1.21 bits per heavy atom. The summed E-state index contributed by atoms with van der Waals surface area (Å²) in [6, 6.07) is -2.20. The summed E-state index contributed by atoms with van der Waals surface area (Å²) in [6.07, 6.45) is 0.940. The van der Waals surface area contributed by atoms with Gasteiger partial charge in [0.1, 0.15) is 11.8 Å². The number of ether oxygens (including phenoxy) is 1. The van der Waals surface area contributed by atoms with Crippen molar-refractivity contribution in [1.82, 2.24) is 9.62 Å². The smallest absolute Gasteiger partial charge is 0.257 e. The van der Waals surface area contributed by atoms with Crippen molar-refractivity contribution < 1.29 is 22.7 Å². The van der Waals surface area contributed by atoms with Crippen molar-refractivity contribution in [3.8, 4) is 0 Å². The van der Waals surface area contributed by atoms with E-state index in [-0.39, 0.29) is 37.2 Å². The molecule has 1 aliphatic heterocycles. The van der Waals surface area contributed by atoms with Gasteiger partial charge in [-0.2, -0.15) is 0 Å². The van der Waals surface area contributed by atoms with Gasteiger partial charge in [-0.05, 0) is 32.6 Å². The number of rotatable bonds is 9. The Balaban J connectivity index is 3.16. The Labute approximate surface area is 199 Å². The van der Waals surface area contributed by atoms with Crippen LogP contribution in [-0.4, -0.2) is 57.7 Å². The molecule has 0 aromatic heterocycles. The van der Waals surface area contributed by atoms with E-state index in [0.717, 1.165) is 11.0 Å². The van der Waals surface area contributed by atoms with Crippen molar-refractivity contribution in [3.05, 3.63) is 11.8 Å². The van der Waals surface area contributed by atoms with Gasteiger partial charge in [0, 0.05) is 6.08 Å². The molecular formula is C15H20Cl6N2O5S. The monoisotopic (exact) mass is 550 g/mol. The van der Waals surface area contributed by atoms with E-state index in [9.17, 15) is 18.0 Å². The lowest BCUT2D eigenvalue weighted by Crippen LogP contribution is -2.52. The molecule has 0 aromatic carbocycles. The molecule has 14 heteroatoms. The zero-order valence-electron chi connectivity index (χ0n) is 15.4. The van der Waals surface area contributed by atoms with Crippen molar-refractivity contribution in [2.45, 2.75) is 52.3 Å². The molecule has 1 rings (SSSR count). The minimum Gasteiger partial charge on any atom is -0.499 e. The molecule has 0 saturated heterocycles. The molecule has 0 radical (unpaired) electrons. The number of amides is 2. The standard InChI is InChI=1S/C15H20Cl6N2O5S/c1-3-29(26,27)22-9(4-6-14(16,17)18)13(25)23-10(5-7-15(19,20)21)11(28-2)8-12(23)24/h8-10,22H,3-7H2,1-2H3/t9-,10?/m1/s1. The summed E-state index contributed by atoms with van der Waals surface area (Å²) in [5.74, 6) is -1.60. The van der Waals surface area contributed by atoms with Crippen LogP contribution in [0.5, 0.6) is 0 Å². The number of carbonyl (C=O) groups is 2. The highest BCUT2D eigenvalue weighted by Crippen LogP contribution is 2.36. The molecular weight excluding hydrogens is 533 g/mol. The van der Waals surface area contributed by atoms with Crippen LogP contribution < -0.4 is 4.72 Å². The zero-order chi connectivity index (χ0) is 22.6. The van der Waals surface area contributed by atoms with Gasteiger partial charge in [0.15, 0.2) is 7.59 Å². The number of sulfonamides is 1. The molecule has 1 heterocycles. The van der Waals surface area contributed by atoms with Crippen LogP contribution in [0.2, 0.25) is 0 Å². The number of hydrogen-bond acceptors (Lipinski definition) is 5. The van der Waals surface area contributed by atoms with Gasteiger partial charge in [-0.15, -0.1) is 0 Å².